The van der Waals surface area contributed by atoms with Crippen LogP contribution >= 0.6 is 0 Å². The predicted molar refractivity (Wildman–Crippen MR) is 83.0 cm³/mol. The lowest BCUT2D eigenvalue weighted by atomic mass is 10.1. The first-order valence-electron chi connectivity index (χ1n) is 6.97. The van der Waals surface area contributed by atoms with E-state index < -0.39 is 0 Å². The zero-order valence-corrected chi connectivity index (χ0v) is 13.2. The molecule has 0 saturated heterocycles. The number of methoxy groups -OCH3 is 1. The molecule has 2 aromatic rings. The Bertz CT molecular complexity index is 674. The summed E-state index contributed by atoms with van der Waals surface area (Å²) in [6, 6.07) is 5.45. The molecule has 0 atom stereocenters. The molecule has 0 aliphatic rings. The third kappa shape index (κ3) is 2.77. The number of aryl methyl sites for hydroxylation is 2. The molecule has 0 fully saturated rings. The van der Waals surface area contributed by atoms with E-state index in [1.54, 1.807) is 17.9 Å². The van der Waals surface area contributed by atoms with Gasteiger partial charge in [-0.3, -0.25) is 9.48 Å². The van der Waals surface area contributed by atoms with Crippen LogP contribution in [0.4, 0.5) is 5.82 Å². The average molecular weight is 287 g/mol. The Morgan fingerprint density at radius 2 is 2.05 bits per heavy atom. The number of amides is 1. The topological polar surface area (TPSA) is 56.2 Å². The Balaban J connectivity index is 2.33. The van der Waals surface area contributed by atoms with Crippen LogP contribution in [0.3, 0.4) is 0 Å². The Kier molecular flexibility index (Phi) is 4.31. The molecule has 1 aromatic carbocycles. The van der Waals surface area contributed by atoms with Crippen LogP contribution in [0, 0.1) is 13.8 Å². The van der Waals surface area contributed by atoms with Crippen molar-refractivity contribution in [2.24, 2.45) is 7.05 Å². The second-order valence-electron chi connectivity index (χ2n) is 4.98. The van der Waals surface area contributed by atoms with E-state index in [9.17, 15) is 4.79 Å². The van der Waals surface area contributed by atoms with Gasteiger partial charge in [0.1, 0.15) is 11.6 Å². The van der Waals surface area contributed by atoms with Crippen LogP contribution in [-0.2, 0) is 13.5 Å². The molecule has 21 heavy (non-hydrogen) atoms. The Morgan fingerprint density at radius 3 is 2.62 bits per heavy atom. The summed E-state index contributed by atoms with van der Waals surface area (Å²) in [5, 5.41) is 7.36. The van der Waals surface area contributed by atoms with Crippen molar-refractivity contribution >= 4 is 11.7 Å². The maximum absolute atomic E-state index is 12.5. The van der Waals surface area contributed by atoms with Gasteiger partial charge in [0.25, 0.3) is 5.91 Å². The van der Waals surface area contributed by atoms with Crippen LogP contribution in [0.2, 0.25) is 0 Å². The van der Waals surface area contributed by atoms with Gasteiger partial charge >= 0.3 is 0 Å². The number of carbonyl (C=O) groups excluding carboxylic acids is 1. The highest BCUT2D eigenvalue weighted by molar-refractivity contribution is 6.05. The molecule has 5 heteroatoms. The van der Waals surface area contributed by atoms with Crippen molar-refractivity contribution in [2.45, 2.75) is 27.2 Å². The van der Waals surface area contributed by atoms with Crippen molar-refractivity contribution in [1.82, 2.24) is 9.78 Å². The molecule has 0 spiro atoms. The molecule has 2 rings (SSSR count). The fourth-order valence-corrected chi connectivity index (χ4v) is 2.45. The first-order chi connectivity index (χ1) is 9.99. The van der Waals surface area contributed by atoms with Crippen molar-refractivity contribution < 1.29 is 9.53 Å². The van der Waals surface area contributed by atoms with Gasteiger partial charge in [-0.15, -0.1) is 0 Å². The minimum atomic E-state index is -0.153. The first kappa shape index (κ1) is 15.1. The normalized spacial score (nSPS) is 10.5. The highest BCUT2D eigenvalue weighted by atomic mass is 16.5. The lowest BCUT2D eigenvalue weighted by Gasteiger charge is -2.11. The number of benzene rings is 1. The highest BCUT2D eigenvalue weighted by Gasteiger charge is 2.17. The number of anilines is 1. The summed E-state index contributed by atoms with van der Waals surface area (Å²) in [5.41, 5.74) is 3.44. The van der Waals surface area contributed by atoms with Crippen molar-refractivity contribution in [3.05, 3.63) is 40.6 Å². The summed E-state index contributed by atoms with van der Waals surface area (Å²) >= 11 is 0. The lowest BCUT2D eigenvalue weighted by molar-refractivity contribution is 0.102. The maximum atomic E-state index is 12.5. The standard InChI is InChI=1S/C16H21N3O2/c1-6-13-11(3)15(19(4)18-13)17-16(20)12-8-7-9-14(21-5)10(12)2/h7-9H,6H2,1-5H3,(H,17,20). The van der Waals surface area contributed by atoms with E-state index in [0.29, 0.717) is 11.3 Å². The molecule has 1 amide bonds. The molecule has 0 radical (unpaired) electrons. The van der Waals surface area contributed by atoms with Crippen LogP contribution in [0.1, 0.15) is 34.1 Å². The Labute approximate surface area is 124 Å². The van der Waals surface area contributed by atoms with E-state index in [4.69, 9.17) is 4.74 Å². The summed E-state index contributed by atoms with van der Waals surface area (Å²) in [7, 11) is 3.43. The van der Waals surface area contributed by atoms with Crippen molar-refractivity contribution in [2.75, 3.05) is 12.4 Å². The summed E-state index contributed by atoms with van der Waals surface area (Å²) in [4.78, 5) is 12.5. The van der Waals surface area contributed by atoms with Crippen LogP contribution in [-0.4, -0.2) is 22.8 Å². The van der Waals surface area contributed by atoms with E-state index in [2.05, 4.69) is 10.4 Å². The summed E-state index contributed by atoms with van der Waals surface area (Å²) in [6.07, 6.45) is 0.841. The number of aromatic nitrogens is 2. The maximum Gasteiger partial charge on any atom is 0.257 e. The SMILES string of the molecule is CCc1nn(C)c(NC(=O)c2cccc(OC)c2C)c1C. The first-order valence-corrected chi connectivity index (χ1v) is 6.97. The number of hydrogen-bond donors (Lipinski definition) is 1. The lowest BCUT2D eigenvalue weighted by Crippen LogP contribution is -2.16. The number of ether oxygens (including phenoxy) is 1. The zero-order chi connectivity index (χ0) is 15.6. The van der Waals surface area contributed by atoms with Crippen LogP contribution in [0.15, 0.2) is 18.2 Å². The van der Waals surface area contributed by atoms with Crippen LogP contribution in [0.25, 0.3) is 0 Å². The van der Waals surface area contributed by atoms with E-state index in [1.807, 2.05) is 40.0 Å². The monoisotopic (exact) mass is 287 g/mol. The van der Waals surface area contributed by atoms with Crippen molar-refractivity contribution in [3.8, 4) is 5.75 Å². The number of nitrogens with zero attached hydrogens (tertiary/aromatic N) is 2. The van der Waals surface area contributed by atoms with E-state index in [0.717, 1.165) is 29.1 Å². The molecule has 1 aromatic heterocycles. The fourth-order valence-electron chi connectivity index (χ4n) is 2.45. The zero-order valence-electron chi connectivity index (χ0n) is 13.2. The second kappa shape index (κ2) is 5.99. The molecule has 5 nitrogen and oxygen atoms in total. The molecular weight excluding hydrogens is 266 g/mol. The Morgan fingerprint density at radius 1 is 1.33 bits per heavy atom. The Hall–Kier alpha value is -2.30. The average Bonchev–Trinajstić information content (AvgIpc) is 2.74. The van der Waals surface area contributed by atoms with Gasteiger partial charge in [0.2, 0.25) is 0 Å². The number of carbonyl (C=O) groups is 1. The van der Waals surface area contributed by atoms with Gasteiger partial charge in [0.05, 0.1) is 12.8 Å². The largest absolute Gasteiger partial charge is 0.496 e. The molecular formula is C16H21N3O2. The van der Waals surface area contributed by atoms with E-state index >= 15 is 0 Å². The van der Waals surface area contributed by atoms with E-state index in [1.165, 1.54) is 0 Å². The number of hydrogen-bond acceptors (Lipinski definition) is 3. The van der Waals surface area contributed by atoms with Crippen molar-refractivity contribution in [1.29, 1.82) is 0 Å². The van der Waals surface area contributed by atoms with Gasteiger partial charge in [-0.2, -0.15) is 5.10 Å². The second-order valence-corrected chi connectivity index (χ2v) is 4.98. The summed E-state index contributed by atoms with van der Waals surface area (Å²) < 4.78 is 6.97. The molecule has 0 saturated carbocycles. The van der Waals surface area contributed by atoms with Gasteiger partial charge in [0.15, 0.2) is 0 Å². The highest BCUT2D eigenvalue weighted by Crippen LogP contribution is 2.23. The molecule has 0 aliphatic carbocycles. The molecule has 1 heterocycles. The number of nitrogens with one attached hydrogen (secondary N) is 1. The molecule has 0 unspecified atom stereocenters. The van der Waals surface area contributed by atoms with Gasteiger partial charge < -0.3 is 10.1 Å². The predicted octanol–water partition coefficient (Wildman–Crippen LogP) is 2.86. The summed E-state index contributed by atoms with van der Waals surface area (Å²) in [5.74, 6) is 1.29. The third-order valence-electron chi connectivity index (χ3n) is 3.70. The minimum Gasteiger partial charge on any atom is -0.496 e. The minimum absolute atomic E-state index is 0.153. The van der Waals surface area contributed by atoms with Gasteiger partial charge in [-0.1, -0.05) is 13.0 Å². The van der Waals surface area contributed by atoms with Crippen LogP contribution < -0.4 is 10.1 Å². The number of rotatable bonds is 4. The van der Waals surface area contributed by atoms with E-state index in [-0.39, 0.29) is 5.91 Å². The van der Waals surface area contributed by atoms with Gasteiger partial charge in [-0.05, 0) is 32.4 Å². The fraction of sp³-hybridized carbons (Fsp3) is 0.375. The quantitative estimate of drug-likeness (QED) is 0.940. The van der Waals surface area contributed by atoms with Gasteiger partial charge in [0, 0.05) is 23.7 Å². The van der Waals surface area contributed by atoms with Crippen LogP contribution in [0.5, 0.6) is 5.75 Å². The molecule has 112 valence electrons. The smallest absolute Gasteiger partial charge is 0.257 e. The van der Waals surface area contributed by atoms with Crippen molar-refractivity contribution in [3.63, 3.8) is 0 Å². The summed E-state index contributed by atoms with van der Waals surface area (Å²) in [6.45, 7) is 5.90. The molecule has 1 N–H and O–H groups in total. The molecule has 0 aliphatic heterocycles. The third-order valence-corrected chi connectivity index (χ3v) is 3.70. The van der Waals surface area contributed by atoms with Gasteiger partial charge in [-0.25, -0.2) is 0 Å². The molecule has 0 bridgehead atoms.